The molecule has 23 heavy (non-hydrogen) atoms. The van der Waals surface area contributed by atoms with E-state index in [1.54, 1.807) is 11.1 Å². The van der Waals surface area contributed by atoms with Crippen LogP contribution in [0.5, 0.6) is 0 Å². The molecule has 3 aliphatic rings. The van der Waals surface area contributed by atoms with E-state index in [4.69, 9.17) is 0 Å². The average Bonchev–Trinajstić information content (AvgIpc) is 3.27. The van der Waals surface area contributed by atoms with Gasteiger partial charge in [0, 0.05) is 0 Å². The maximum atomic E-state index is 4.15. The van der Waals surface area contributed by atoms with Crippen molar-refractivity contribution < 1.29 is 26.2 Å². The van der Waals surface area contributed by atoms with Gasteiger partial charge in [0.1, 0.15) is 0 Å². The van der Waals surface area contributed by atoms with Gasteiger partial charge in [-0.15, -0.1) is 0 Å². The summed E-state index contributed by atoms with van der Waals surface area (Å²) in [5.74, 6) is 1.10. The molecule has 0 nitrogen and oxygen atoms in total. The minimum atomic E-state index is 0. The zero-order chi connectivity index (χ0) is 16.2. The number of allylic oxidation sites excluding steroid dienone is 2. The summed E-state index contributed by atoms with van der Waals surface area (Å²) >= 11 is 0. The van der Waals surface area contributed by atoms with Crippen LogP contribution in [0, 0.1) is 89.9 Å². The molecule has 0 bridgehead atoms. The van der Waals surface area contributed by atoms with E-state index >= 15 is 0 Å². The Morgan fingerprint density at radius 3 is 1.04 bits per heavy atom. The van der Waals surface area contributed by atoms with Crippen LogP contribution in [0.15, 0.2) is 11.1 Å². The second-order valence-electron chi connectivity index (χ2n) is 5.77. The van der Waals surface area contributed by atoms with Crippen molar-refractivity contribution >= 4 is 0 Å². The van der Waals surface area contributed by atoms with Gasteiger partial charge in [-0.1, -0.05) is 37.8 Å². The minimum Gasteiger partial charge on any atom is -0.342 e. The van der Waals surface area contributed by atoms with Gasteiger partial charge in [0.15, 0.2) is 0 Å². The fourth-order valence-electron chi connectivity index (χ4n) is 2.69. The summed E-state index contributed by atoms with van der Waals surface area (Å²) in [6.07, 6.45) is 24.8. The molecule has 2 atom stereocenters. The van der Waals surface area contributed by atoms with Crippen LogP contribution >= 0.6 is 0 Å². The first-order valence-electron chi connectivity index (χ1n) is 8.38. The predicted molar refractivity (Wildman–Crippen MR) is 97.5 cm³/mol. The topological polar surface area (TPSA) is 0 Å². The van der Waals surface area contributed by atoms with Crippen molar-refractivity contribution in [2.45, 2.75) is 39.5 Å². The maximum absolute atomic E-state index is 4.15. The zero-order valence-electron chi connectivity index (χ0n) is 14.7. The fraction of sp³-hybridized carbons (Fsp3) is 0.364. The Morgan fingerprint density at radius 1 is 0.652 bits per heavy atom. The molecule has 1 heteroatoms. The number of rotatable bonds is 2. The van der Waals surface area contributed by atoms with Gasteiger partial charge in [0.05, 0.1) is 0 Å². The van der Waals surface area contributed by atoms with E-state index in [0.717, 1.165) is 0 Å². The van der Waals surface area contributed by atoms with Gasteiger partial charge in [0.25, 0.3) is 0 Å². The van der Waals surface area contributed by atoms with Crippen molar-refractivity contribution in [3.8, 4) is 0 Å². The van der Waals surface area contributed by atoms with E-state index in [-0.39, 0.29) is 26.2 Å². The Morgan fingerprint density at radius 2 is 0.870 bits per heavy atom. The first kappa shape index (κ1) is 23.6. The molecular formula is C22H30Zr+2. The summed E-state index contributed by atoms with van der Waals surface area (Å²) in [5, 5.41) is 0. The molecule has 0 spiro atoms. The summed E-state index contributed by atoms with van der Waals surface area (Å²) in [4.78, 5) is 0. The molecular weight excluding hydrogens is 355 g/mol. The van der Waals surface area contributed by atoms with Crippen LogP contribution < -0.4 is 0 Å². The van der Waals surface area contributed by atoms with Crippen LogP contribution in [0.2, 0.25) is 0 Å². The van der Waals surface area contributed by atoms with Gasteiger partial charge in [-0.05, 0) is 77.0 Å². The molecule has 3 aliphatic carbocycles. The van der Waals surface area contributed by atoms with Crippen LogP contribution in [0.1, 0.15) is 39.5 Å². The summed E-state index contributed by atoms with van der Waals surface area (Å²) in [6.45, 7) is 12.8. The normalized spacial score (nSPS) is 26.6. The summed E-state index contributed by atoms with van der Waals surface area (Å²) in [5.41, 5.74) is 3.30. The van der Waals surface area contributed by atoms with E-state index in [2.05, 4.69) is 27.7 Å². The standard InChI is InChI=1S/C12H20.2C5H5.Zr/c1-5-11-7-9(3)10(4)8-12(11)6-2;2*1-2-4-5-3-1;/h9-10H,3-8H2,1-2H3;2*1-5H;/q-2;;;+4/t9-,10+;;;. The summed E-state index contributed by atoms with van der Waals surface area (Å²) in [6, 6.07) is 0. The molecule has 0 aromatic rings. The quantitative estimate of drug-likeness (QED) is 0.414. The van der Waals surface area contributed by atoms with Crippen molar-refractivity contribution in [1.82, 2.24) is 0 Å². The van der Waals surface area contributed by atoms with Gasteiger partial charge in [-0.25, -0.2) is 0 Å². The third kappa shape index (κ3) is 10.3. The molecule has 0 heterocycles. The van der Waals surface area contributed by atoms with Crippen molar-refractivity contribution in [2.75, 3.05) is 0 Å². The second kappa shape index (κ2) is 14.9. The van der Waals surface area contributed by atoms with Crippen LogP contribution in [0.3, 0.4) is 0 Å². The molecule has 2 saturated carbocycles. The average molecular weight is 386 g/mol. The predicted octanol–water partition coefficient (Wildman–Crippen LogP) is 5.84. The number of hydrogen-bond donors (Lipinski definition) is 0. The molecule has 2 fully saturated rings. The molecule has 0 aromatic heterocycles. The second-order valence-corrected chi connectivity index (χ2v) is 5.77. The van der Waals surface area contributed by atoms with E-state index < -0.39 is 0 Å². The maximum Gasteiger partial charge on any atom is 4.00 e. The first-order valence-corrected chi connectivity index (χ1v) is 8.38. The molecule has 0 saturated heterocycles. The van der Waals surface area contributed by atoms with Crippen molar-refractivity contribution in [3.63, 3.8) is 0 Å². The SMILES string of the molecule is [CH2-][C@@H]1CC(CC)=C(CC)C[C@@H]1[CH2-].[CH]1[CH][CH][CH][CH]1.[CH]1[CH][CH][CH][CH]1.[Zr+4]. The minimum absolute atomic E-state index is 0. The third-order valence-corrected chi connectivity index (χ3v) is 4.15. The molecule has 3 rings (SSSR count). The zero-order valence-corrected chi connectivity index (χ0v) is 17.1. The van der Waals surface area contributed by atoms with Gasteiger partial charge in [-0.3, -0.25) is 0 Å². The van der Waals surface area contributed by atoms with Crippen molar-refractivity contribution in [3.05, 3.63) is 89.2 Å². The Labute approximate surface area is 166 Å². The van der Waals surface area contributed by atoms with Crippen molar-refractivity contribution in [1.29, 1.82) is 0 Å². The summed E-state index contributed by atoms with van der Waals surface area (Å²) in [7, 11) is 0. The fourth-order valence-corrected chi connectivity index (χ4v) is 2.69. The van der Waals surface area contributed by atoms with Crippen molar-refractivity contribution in [2.24, 2.45) is 11.8 Å². The molecule has 0 aliphatic heterocycles. The molecule has 0 aromatic carbocycles. The van der Waals surface area contributed by atoms with Gasteiger partial charge < -0.3 is 13.8 Å². The Kier molecular flexibility index (Phi) is 15.3. The van der Waals surface area contributed by atoms with Crippen LogP contribution in [-0.2, 0) is 26.2 Å². The van der Waals surface area contributed by atoms with Gasteiger partial charge in [-0.2, -0.15) is 11.8 Å². The first-order chi connectivity index (χ1) is 10.7. The monoisotopic (exact) mass is 384 g/mol. The van der Waals surface area contributed by atoms with Crippen LogP contribution in [-0.4, -0.2) is 0 Å². The molecule has 0 amide bonds. The van der Waals surface area contributed by atoms with E-state index in [0.29, 0.717) is 11.8 Å². The smallest absolute Gasteiger partial charge is 0.342 e. The molecule has 0 unspecified atom stereocenters. The Bertz CT molecular complexity index is 252. The molecule has 0 N–H and O–H groups in total. The van der Waals surface area contributed by atoms with Crippen LogP contribution in [0.4, 0.5) is 0 Å². The Balaban J connectivity index is 0.000000362. The Hall–Kier alpha value is 0.623. The largest absolute Gasteiger partial charge is 4.00 e. The molecule has 10 radical (unpaired) electrons. The van der Waals surface area contributed by atoms with Gasteiger partial charge >= 0.3 is 26.2 Å². The van der Waals surface area contributed by atoms with Gasteiger partial charge in [0.2, 0.25) is 0 Å². The third-order valence-electron chi connectivity index (χ3n) is 4.15. The summed E-state index contributed by atoms with van der Waals surface area (Å²) < 4.78 is 0. The van der Waals surface area contributed by atoms with E-state index in [1.165, 1.54) is 25.7 Å². The van der Waals surface area contributed by atoms with E-state index in [1.807, 2.05) is 64.2 Å². The van der Waals surface area contributed by atoms with Crippen LogP contribution in [0.25, 0.3) is 0 Å². The number of hydrogen-bond acceptors (Lipinski definition) is 0. The van der Waals surface area contributed by atoms with E-state index in [9.17, 15) is 0 Å². The molecule has 120 valence electrons.